The van der Waals surface area contributed by atoms with Crippen LogP contribution in [0.5, 0.6) is 0 Å². The molecule has 0 spiro atoms. The zero-order valence-corrected chi connectivity index (χ0v) is 16.2. The molecular weight excluding hydrogens is 425 g/mol. The molecule has 0 saturated carbocycles. The number of thiophene rings is 1. The molecule has 0 aliphatic rings. The van der Waals surface area contributed by atoms with E-state index in [1.54, 1.807) is 30.3 Å². The van der Waals surface area contributed by atoms with Crippen LogP contribution in [-0.4, -0.2) is 26.7 Å². The van der Waals surface area contributed by atoms with Crippen LogP contribution in [-0.2, 0) is 0 Å². The maximum absolute atomic E-state index is 12.2. The fourth-order valence-corrected chi connectivity index (χ4v) is 4.21. The van der Waals surface area contributed by atoms with Crippen LogP contribution in [0.3, 0.4) is 0 Å². The molecular formula is C15H8Cl3N3O2S2. The van der Waals surface area contributed by atoms with Gasteiger partial charge in [-0.15, -0.1) is 21.5 Å². The van der Waals surface area contributed by atoms with Crippen molar-refractivity contribution < 1.29 is 4.79 Å². The molecule has 0 saturated heterocycles. The number of benzene rings is 1. The van der Waals surface area contributed by atoms with E-state index in [1.165, 1.54) is 0 Å². The van der Waals surface area contributed by atoms with Crippen LogP contribution in [0.25, 0.3) is 11.3 Å². The Morgan fingerprint density at radius 1 is 1.16 bits per heavy atom. The minimum Gasteiger partial charge on any atom is -0.298 e. The first-order valence-electron chi connectivity index (χ1n) is 6.78. The van der Waals surface area contributed by atoms with Crippen molar-refractivity contribution in [3.8, 4) is 11.3 Å². The number of hydrogen-bond acceptors (Lipinski definition) is 6. The highest BCUT2D eigenvalue weighted by molar-refractivity contribution is 7.99. The number of thioether (sulfide) groups is 1. The van der Waals surface area contributed by atoms with Crippen molar-refractivity contribution in [3.63, 3.8) is 0 Å². The van der Waals surface area contributed by atoms with Gasteiger partial charge in [0.05, 0.1) is 10.1 Å². The molecule has 2 heterocycles. The number of nitrogens with one attached hydrogen (secondary N) is 1. The van der Waals surface area contributed by atoms with Crippen LogP contribution >= 0.6 is 57.9 Å². The monoisotopic (exact) mass is 431 g/mol. The maximum Gasteiger partial charge on any atom is 0.278 e. The molecule has 0 aliphatic carbocycles. The van der Waals surface area contributed by atoms with E-state index in [9.17, 15) is 9.59 Å². The van der Waals surface area contributed by atoms with Gasteiger partial charge in [-0.05, 0) is 30.3 Å². The Labute approximate surface area is 165 Å². The predicted molar refractivity (Wildman–Crippen MR) is 102 cm³/mol. The van der Waals surface area contributed by atoms with Gasteiger partial charge in [-0.2, -0.15) is 0 Å². The lowest BCUT2D eigenvalue weighted by Gasteiger charge is -2.02. The van der Waals surface area contributed by atoms with Crippen molar-refractivity contribution in [2.45, 2.75) is 5.16 Å². The van der Waals surface area contributed by atoms with E-state index in [0.29, 0.717) is 24.8 Å². The second-order valence-electron chi connectivity index (χ2n) is 4.76. The summed E-state index contributed by atoms with van der Waals surface area (Å²) in [7, 11) is 0. The van der Waals surface area contributed by atoms with E-state index in [2.05, 4.69) is 15.2 Å². The van der Waals surface area contributed by atoms with Gasteiger partial charge in [0.15, 0.2) is 16.6 Å². The summed E-state index contributed by atoms with van der Waals surface area (Å²) in [5.41, 5.74) is 0.595. The molecule has 25 heavy (non-hydrogen) atoms. The molecule has 10 heteroatoms. The highest BCUT2D eigenvalue weighted by Crippen LogP contribution is 2.36. The molecule has 0 aliphatic heterocycles. The van der Waals surface area contributed by atoms with Gasteiger partial charge in [0, 0.05) is 16.1 Å². The Kier molecular flexibility index (Phi) is 5.81. The highest BCUT2D eigenvalue weighted by atomic mass is 35.5. The first-order chi connectivity index (χ1) is 11.9. The molecule has 0 fully saturated rings. The van der Waals surface area contributed by atoms with Gasteiger partial charge in [-0.1, -0.05) is 46.6 Å². The Morgan fingerprint density at radius 2 is 1.88 bits per heavy atom. The minimum atomic E-state index is -0.451. The van der Waals surface area contributed by atoms with E-state index in [4.69, 9.17) is 34.8 Å². The van der Waals surface area contributed by atoms with E-state index in [-0.39, 0.29) is 22.4 Å². The molecule has 0 atom stereocenters. The average molecular weight is 433 g/mol. The summed E-state index contributed by atoms with van der Waals surface area (Å²) >= 11 is 19.9. The lowest BCUT2D eigenvalue weighted by Crippen LogP contribution is -2.14. The number of aromatic amines is 1. The maximum atomic E-state index is 12.2. The standard InChI is InChI=1S/C15H8Cl3N3O2S2/c16-8-3-1-7(2-4-8)10(22)6-24-15-19-14(23)12(20-21-15)9-5-11(17)25-13(9)18/h1-5H,6H2,(H,19,21,23). The van der Waals surface area contributed by atoms with Gasteiger partial charge < -0.3 is 0 Å². The number of H-pyrrole nitrogens is 1. The van der Waals surface area contributed by atoms with Gasteiger partial charge in [0.25, 0.3) is 5.56 Å². The third-order valence-electron chi connectivity index (χ3n) is 3.09. The Hall–Kier alpha value is -1.38. The molecule has 2 aromatic heterocycles. The third-order valence-corrected chi connectivity index (χ3v) is 5.70. The van der Waals surface area contributed by atoms with Crippen molar-refractivity contribution in [2.24, 2.45) is 0 Å². The lowest BCUT2D eigenvalue weighted by atomic mass is 10.1. The second-order valence-corrected chi connectivity index (χ2v) is 8.45. The van der Waals surface area contributed by atoms with E-state index < -0.39 is 5.56 Å². The highest BCUT2D eigenvalue weighted by Gasteiger charge is 2.15. The number of Topliss-reactive ketones (excluding diaryl/α,β-unsaturated/α-hetero) is 1. The zero-order chi connectivity index (χ0) is 18.0. The fourth-order valence-electron chi connectivity index (χ4n) is 1.92. The van der Waals surface area contributed by atoms with Crippen LogP contribution < -0.4 is 5.56 Å². The number of aromatic nitrogens is 3. The number of ketones is 1. The van der Waals surface area contributed by atoms with Gasteiger partial charge in [-0.3, -0.25) is 14.6 Å². The van der Waals surface area contributed by atoms with E-state index >= 15 is 0 Å². The lowest BCUT2D eigenvalue weighted by molar-refractivity contribution is 0.102. The molecule has 128 valence electrons. The molecule has 0 radical (unpaired) electrons. The molecule has 5 nitrogen and oxygen atoms in total. The number of carbonyl (C=O) groups is 1. The van der Waals surface area contributed by atoms with Crippen LogP contribution in [0, 0.1) is 0 Å². The predicted octanol–water partition coefficient (Wildman–Crippen LogP) is 4.83. The molecule has 3 rings (SSSR count). The van der Waals surface area contributed by atoms with Crippen LogP contribution in [0.2, 0.25) is 13.7 Å². The van der Waals surface area contributed by atoms with Crippen molar-refractivity contribution >= 4 is 63.7 Å². The Bertz CT molecular complexity index is 986. The van der Waals surface area contributed by atoms with Crippen molar-refractivity contribution in [1.82, 2.24) is 15.2 Å². The SMILES string of the molecule is O=C(CSc1nnc(-c2cc(Cl)sc2Cl)c(=O)[nH]1)c1ccc(Cl)cc1. The van der Waals surface area contributed by atoms with Gasteiger partial charge in [0.2, 0.25) is 0 Å². The van der Waals surface area contributed by atoms with Crippen molar-refractivity contribution in [1.29, 1.82) is 0 Å². The Morgan fingerprint density at radius 3 is 2.48 bits per heavy atom. The van der Waals surface area contributed by atoms with Gasteiger partial charge in [-0.25, -0.2) is 0 Å². The Balaban J connectivity index is 1.73. The summed E-state index contributed by atoms with van der Waals surface area (Å²) in [5.74, 6) is -0.00236. The molecule has 1 aromatic carbocycles. The normalized spacial score (nSPS) is 10.8. The second kappa shape index (κ2) is 7.88. The molecule has 1 N–H and O–H groups in total. The summed E-state index contributed by atoms with van der Waals surface area (Å²) < 4.78 is 0.816. The fraction of sp³-hybridized carbons (Fsp3) is 0.0667. The number of rotatable bonds is 5. The van der Waals surface area contributed by atoms with Crippen molar-refractivity contribution in [2.75, 3.05) is 5.75 Å². The van der Waals surface area contributed by atoms with Crippen molar-refractivity contribution in [3.05, 3.63) is 59.9 Å². The quantitative estimate of drug-likeness (QED) is 0.462. The van der Waals surface area contributed by atoms with Gasteiger partial charge in [0.1, 0.15) is 4.34 Å². The average Bonchev–Trinajstić information content (AvgIpc) is 2.91. The molecule has 0 bridgehead atoms. The zero-order valence-electron chi connectivity index (χ0n) is 12.3. The van der Waals surface area contributed by atoms with Gasteiger partial charge >= 0.3 is 0 Å². The number of hydrogen-bond donors (Lipinski definition) is 1. The summed E-state index contributed by atoms with van der Waals surface area (Å²) in [6.07, 6.45) is 0. The van der Waals surface area contributed by atoms with E-state index in [1.807, 2.05) is 0 Å². The molecule has 0 amide bonds. The topological polar surface area (TPSA) is 75.7 Å². The number of halogens is 3. The summed E-state index contributed by atoms with van der Waals surface area (Å²) in [4.78, 5) is 26.9. The van der Waals surface area contributed by atoms with E-state index in [0.717, 1.165) is 23.1 Å². The molecule has 3 aromatic rings. The number of nitrogens with zero attached hydrogens (tertiary/aromatic N) is 2. The van der Waals surface area contributed by atoms with Crippen LogP contribution in [0.4, 0.5) is 0 Å². The van der Waals surface area contributed by atoms with Crippen LogP contribution in [0.1, 0.15) is 10.4 Å². The van der Waals surface area contributed by atoms with Crippen LogP contribution in [0.15, 0.2) is 40.3 Å². The first-order valence-corrected chi connectivity index (χ1v) is 9.71. The minimum absolute atomic E-state index is 0.0847. The molecule has 0 unspecified atom stereocenters. The third kappa shape index (κ3) is 4.43. The summed E-state index contributed by atoms with van der Waals surface area (Å²) in [6, 6.07) is 8.14. The number of carbonyl (C=O) groups excluding carboxylic acids is 1. The summed E-state index contributed by atoms with van der Waals surface area (Å²) in [5, 5.41) is 8.64. The smallest absolute Gasteiger partial charge is 0.278 e. The largest absolute Gasteiger partial charge is 0.298 e. The summed E-state index contributed by atoms with van der Waals surface area (Å²) in [6.45, 7) is 0. The first kappa shape index (κ1) is 18.4.